The Labute approximate surface area is 171 Å². The van der Waals surface area contributed by atoms with Gasteiger partial charge in [-0.1, -0.05) is 42.7 Å². The van der Waals surface area contributed by atoms with Gasteiger partial charge in [-0.25, -0.2) is 8.42 Å². The molecule has 2 amide bonds. The first-order valence-corrected chi connectivity index (χ1v) is 11.5. The van der Waals surface area contributed by atoms with Crippen LogP contribution >= 0.6 is 0 Å². The highest BCUT2D eigenvalue weighted by molar-refractivity contribution is 7.91. The van der Waals surface area contributed by atoms with Crippen LogP contribution in [0.2, 0.25) is 0 Å². The first-order valence-electron chi connectivity index (χ1n) is 9.84. The molecule has 1 aliphatic carbocycles. The van der Waals surface area contributed by atoms with Gasteiger partial charge in [-0.3, -0.25) is 9.59 Å². The van der Waals surface area contributed by atoms with E-state index in [1.165, 1.54) is 0 Å². The second-order valence-corrected chi connectivity index (χ2v) is 9.54. The fourth-order valence-corrected chi connectivity index (χ4v) is 4.67. The number of carbonyl (C=O) groups is 2. The molecule has 0 atom stereocenters. The molecular formula is C22H26N2O4S. The number of hydrogen-bond acceptors (Lipinski definition) is 4. The highest BCUT2D eigenvalue weighted by Crippen LogP contribution is 2.21. The zero-order valence-corrected chi connectivity index (χ0v) is 17.3. The van der Waals surface area contributed by atoms with Gasteiger partial charge < -0.3 is 10.6 Å². The zero-order valence-electron chi connectivity index (χ0n) is 16.5. The van der Waals surface area contributed by atoms with Crippen LogP contribution in [0.3, 0.4) is 0 Å². The van der Waals surface area contributed by atoms with Crippen molar-refractivity contribution in [2.75, 3.05) is 11.1 Å². The molecule has 0 bridgehead atoms. The third kappa shape index (κ3) is 5.67. The molecular weight excluding hydrogens is 388 g/mol. The van der Waals surface area contributed by atoms with Gasteiger partial charge in [-0.2, -0.15) is 0 Å². The number of anilines is 1. The van der Waals surface area contributed by atoms with Gasteiger partial charge in [-0.15, -0.1) is 0 Å². The highest BCUT2D eigenvalue weighted by atomic mass is 32.2. The molecule has 0 saturated heterocycles. The lowest BCUT2D eigenvalue weighted by atomic mass is 10.1. The van der Waals surface area contributed by atoms with E-state index in [1.54, 1.807) is 48.5 Å². The fourth-order valence-electron chi connectivity index (χ4n) is 3.43. The molecule has 1 saturated carbocycles. The van der Waals surface area contributed by atoms with Gasteiger partial charge in [-0.05, 0) is 44.0 Å². The number of benzene rings is 2. The third-order valence-electron chi connectivity index (χ3n) is 5.11. The molecule has 0 radical (unpaired) electrons. The summed E-state index contributed by atoms with van der Waals surface area (Å²) in [6.45, 7) is 1.88. The standard InChI is InChI=1S/C22H26N2O4S/c1-16-10-12-18(13-11-16)29(27,28)15-14-21(25)24-20-9-5-4-8-19(20)22(26)23-17-6-2-3-7-17/h4-5,8-13,17H,2-3,6-7,14-15H2,1H3,(H,23,26)(H,24,25). The predicted molar refractivity (Wildman–Crippen MR) is 113 cm³/mol. The van der Waals surface area contributed by atoms with Gasteiger partial charge in [0.1, 0.15) is 0 Å². The quantitative estimate of drug-likeness (QED) is 0.726. The summed E-state index contributed by atoms with van der Waals surface area (Å²) >= 11 is 0. The third-order valence-corrected chi connectivity index (χ3v) is 6.85. The molecule has 29 heavy (non-hydrogen) atoms. The van der Waals surface area contributed by atoms with Crippen LogP contribution in [0.25, 0.3) is 0 Å². The molecule has 0 aromatic heterocycles. The fraction of sp³-hybridized carbons (Fsp3) is 0.364. The van der Waals surface area contributed by atoms with Crippen molar-refractivity contribution < 1.29 is 18.0 Å². The largest absolute Gasteiger partial charge is 0.349 e. The van der Waals surface area contributed by atoms with E-state index in [0.717, 1.165) is 31.2 Å². The van der Waals surface area contributed by atoms with E-state index in [4.69, 9.17) is 0 Å². The molecule has 2 aromatic rings. The van der Waals surface area contributed by atoms with Crippen molar-refractivity contribution in [3.8, 4) is 0 Å². The Morgan fingerprint density at radius 1 is 1.00 bits per heavy atom. The molecule has 2 aromatic carbocycles. The number of hydrogen-bond donors (Lipinski definition) is 2. The van der Waals surface area contributed by atoms with E-state index < -0.39 is 15.7 Å². The SMILES string of the molecule is Cc1ccc(S(=O)(=O)CCC(=O)Nc2ccccc2C(=O)NC2CCCC2)cc1. The number of aryl methyl sites for hydroxylation is 1. The van der Waals surface area contributed by atoms with Crippen molar-refractivity contribution in [3.05, 3.63) is 59.7 Å². The topological polar surface area (TPSA) is 92.3 Å². The average Bonchev–Trinajstić information content (AvgIpc) is 3.20. The predicted octanol–water partition coefficient (Wildman–Crippen LogP) is 3.47. The molecule has 0 spiro atoms. The van der Waals surface area contributed by atoms with Crippen LogP contribution in [0, 0.1) is 6.92 Å². The van der Waals surface area contributed by atoms with Crippen molar-refractivity contribution in [1.29, 1.82) is 0 Å². The van der Waals surface area contributed by atoms with E-state index in [1.807, 2.05) is 6.92 Å². The van der Waals surface area contributed by atoms with E-state index in [2.05, 4.69) is 10.6 Å². The monoisotopic (exact) mass is 414 g/mol. The molecule has 0 aliphatic heterocycles. The molecule has 2 N–H and O–H groups in total. The Morgan fingerprint density at radius 2 is 1.66 bits per heavy atom. The lowest BCUT2D eigenvalue weighted by molar-refractivity contribution is -0.115. The molecule has 7 heteroatoms. The average molecular weight is 415 g/mol. The van der Waals surface area contributed by atoms with Gasteiger partial charge in [0.2, 0.25) is 5.91 Å². The van der Waals surface area contributed by atoms with Crippen molar-refractivity contribution in [2.24, 2.45) is 0 Å². The van der Waals surface area contributed by atoms with Crippen molar-refractivity contribution in [1.82, 2.24) is 5.32 Å². The van der Waals surface area contributed by atoms with Crippen LogP contribution in [-0.4, -0.2) is 32.0 Å². The molecule has 6 nitrogen and oxygen atoms in total. The molecule has 3 rings (SSSR count). The molecule has 0 heterocycles. The summed E-state index contributed by atoms with van der Waals surface area (Å²) in [4.78, 5) is 25.1. The minimum Gasteiger partial charge on any atom is -0.349 e. The summed E-state index contributed by atoms with van der Waals surface area (Å²) in [5.74, 6) is -0.958. The summed E-state index contributed by atoms with van der Waals surface area (Å²) in [6.07, 6.45) is 3.97. The molecule has 154 valence electrons. The van der Waals surface area contributed by atoms with Gasteiger partial charge in [0.05, 0.1) is 21.9 Å². The Bertz CT molecular complexity index is 978. The van der Waals surface area contributed by atoms with Crippen molar-refractivity contribution >= 4 is 27.3 Å². The van der Waals surface area contributed by atoms with Crippen LogP contribution < -0.4 is 10.6 Å². The van der Waals surface area contributed by atoms with Crippen molar-refractivity contribution in [2.45, 2.75) is 50.0 Å². The summed E-state index contributed by atoms with van der Waals surface area (Å²) in [6, 6.07) is 13.5. The highest BCUT2D eigenvalue weighted by Gasteiger charge is 2.21. The minimum atomic E-state index is -3.55. The van der Waals surface area contributed by atoms with Crippen LogP contribution in [-0.2, 0) is 14.6 Å². The van der Waals surface area contributed by atoms with Gasteiger partial charge in [0, 0.05) is 12.5 Å². The summed E-state index contributed by atoms with van der Waals surface area (Å²) in [5, 5.41) is 5.69. The Kier molecular flexibility index (Phi) is 6.69. The summed E-state index contributed by atoms with van der Waals surface area (Å²) in [7, 11) is -3.55. The summed E-state index contributed by atoms with van der Waals surface area (Å²) < 4.78 is 24.8. The van der Waals surface area contributed by atoms with Gasteiger partial charge >= 0.3 is 0 Å². The number of amides is 2. The maximum absolute atomic E-state index is 12.6. The minimum absolute atomic E-state index is 0.172. The van der Waals surface area contributed by atoms with Gasteiger partial charge in [0.25, 0.3) is 5.91 Å². The normalized spacial score (nSPS) is 14.5. The van der Waals surface area contributed by atoms with E-state index in [-0.39, 0.29) is 29.0 Å². The second-order valence-electron chi connectivity index (χ2n) is 7.43. The number of para-hydroxylation sites is 1. The molecule has 0 unspecified atom stereocenters. The van der Waals surface area contributed by atoms with Crippen molar-refractivity contribution in [3.63, 3.8) is 0 Å². The van der Waals surface area contributed by atoms with E-state index in [9.17, 15) is 18.0 Å². The Morgan fingerprint density at radius 3 is 2.34 bits per heavy atom. The summed E-state index contributed by atoms with van der Waals surface area (Å²) in [5.41, 5.74) is 1.74. The smallest absolute Gasteiger partial charge is 0.253 e. The van der Waals surface area contributed by atoms with Crippen LogP contribution in [0.15, 0.2) is 53.4 Å². The molecule has 1 fully saturated rings. The first-order chi connectivity index (χ1) is 13.8. The number of carbonyl (C=O) groups excluding carboxylic acids is 2. The van der Waals surface area contributed by atoms with Gasteiger partial charge in [0.15, 0.2) is 9.84 Å². The van der Waals surface area contributed by atoms with Crippen LogP contribution in [0.5, 0.6) is 0 Å². The lowest BCUT2D eigenvalue weighted by Gasteiger charge is -2.15. The number of sulfone groups is 1. The first kappa shape index (κ1) is 21.0. The maximum Gasteiger partial charge on any atom is 0.253 e. The van der Waals surface area contributed by atoms with Crippen LogP contribution in [0.1, 0.15) is 48.0 Å². The number of nitrogens with one attached hydrogen (secondary N) is 2. The Hall–Kier alpha value is -2.67. The second kappa shape index (κ2) is 9.22. The molecule has 1 aliphatic rings. The lowest BCUT2D eigenvalue weighted by Crippen LogP contribution is -2.33. The van der Waals surface area contributed by atoms with E-state index >= 15 is 0 Å². The Balaban J connectivity index is 1.62. The number of rotatable bonds is 7. The zero-order chi connectivity index (χ0) is 20.9. The van der Waals surface area contributed by atoms with Crippen LogP contribution in [0.4, 0.5) is 5.69 Å². The maximum atomic E-state index is 12.6. The van der Waals surface area contributed by atoms with E-state index in [0.29, 0.717) is 11.3 Å².